The Morgan fingerprint density at radius 1 is 0.920 bits per heavy atom. The highest BCUT2D eigenvalue weighted by Gasteiger charge is 2.33. The lowest BCUT2D eigenvalue weighted by molar-refractivity contribution is -0.145. The molecule has 2 aromatic rings. The Morgan fingerprint density at radius 2 is 1.40 bits per heavy atom. The lowest BCUT2D eigenvalue weighted by atomic mass is 9.84. The van der Waals surface area contributed by atoms with Gasteiger partial charge in [0.1, 0.15) is 6.04 Å². The molecule has 0 unspecified atom stereocenters. The third-order valence-corrected chi connectivity index (χ3v) is 4.02. The molecule has 0 fully saturated rings. The summed E-state index contributed by atoms with van der Waals surface area (Å²) in [7, 11) is 1.34. The molecule has 132 valence electrons. The standard InChI is InChI=1S/C21H25NO3/c1-15(2)14-18(23)22-20(21(24)25-3)19(16-10-6-4-7-11-16)17-12-8-5-9-13-17/h4-13,15,19-20H,14H2,1-3H3,(H,22,23)/t20-/m1/s1. The first kappa shape index (κ1) is 18.7. The number of nitrogens with one attached hydrogen (secondary N) is 1. The molecule has 0 saturated carbocycles. The topological polar surface area (TPSA) is 55.4 Å². The fraction of sp³-hybridized carbons (Fsp3) is 0.333. The highest BCUT2D eigenvalue weighted by Crippen LogP contribution is 2.29. The quantitative estimate of drug-likeness (QED) is 0.785. The predicted octanol–water partition coefficient (Wildman–Crippen LogP) is 3.52. The lowest BCUT2D eigenvalue weighted by Gasteiger charge is -2.27. The average Bonchev–Trinajstić information content (AvgIpc) is 2.61. The largest absolute Gasteiger partial charge is 0.467 e. The third-order valence-electron chi connectivity index (χ3n) is 4.02. The molecule has 0 aliphatic heterocycles. The van der Waals surface area contributed by atoms with Crippen LogP contribution in [0.25, 0.3) is 0 Å². The summed E-state index contributed by atoms with van der Waals surface area (Å²) >= 11 is 0. The summed E-state index contributed by atoms with van der Waals surface area (Å²) in [6.07, 6.45) is 0.365. The van der Waals surface area contributed by atoms with Crippen LogP contribution in [0.15, 0.2) is 60.7 Å². The highest BCUT2D eigenvalue weighted by molar-refractivity contribution is 5.86. The number of hydrogen-bond acceptors (Lipinski definition) is 3. The smallest absolute Gasteiger partial charge is 0.329 e. The first-order chi connectivity index (χ1) is 12.0. The van der Waals surface area contributed by atoms with E-state index in [4.69, 9.17) is 4.74 Å². The van der Waals surface area contributed by atoms with Crippen LogP contribution < -0.4 is 5.32 Å². The summed E-state index contributed by atoms with van der Waals surface area (Å²) in [4.78, 5) is 24.8. The SMILES string of the molecule is COC(=O)[C@H](NC(=O)CC(C)C)C(c1ccccc1)c1ccccc1. The van der Waals surface area contributed by atoms with Gasteiger partial charge in [-0.2, -0.15) is 0 Å². The molecular weight excluding hydrogens is 314 g/mol. The van der Waals surface area contributed by atoms with Crippen LogP contribution in [0.4, 0.5) is 0 Å². The molecule has 0 spiro atoms. The zero-order chi connectivity index (χ0) is 18.2. The summed E-state index contributed by atoms with van der Waals surface area (Å²) in [6, 6.07) is 18.6. The fourth-order valence-electron chi connectivity index (χ4n) is 2.91. The van der Waals surface area contributed by atoms with E-state index in [1.54, 1.807) is 0 Å². The van der Waals surface area contributed by atoms with Gasteiger partial charge in [-0.3, -0.25) is 4.79 Å². The van der Waals surface area contributed by atoms with Gasteiger partial charge in [-0.25, -0.2) is 4.79 Å². The molecule has 1 amide bonds. The molecule has 2 aromatic carbocycles. The van der Waals surface area contributed by atoms with Crippen LogP contribution in [0.3, 0.4) is 0 Å². The van der Waals surface area contributed by atoms with Crippen LogP contribution in [0.5, 0.6) is 0 Å². The van der Waals surface area contributed by atoms with E-state index in [-0.39, 0.29) is 17.7 Å². The van der Waals surface area contributed by atoms with Crippen molar-refractivity contribution in [2.24, 2.45) is 5.92 Å². The van der Waals surface area contributed by atoms with Gasteiger partial charge >= 0.3 is 5.97 Å². The summed E-state index contributed by atoms with van der Waals surface area (Å²) < 4.78 is 4.99. The van der Waals surface area contributed by atoms with E-state index in [9.17, 15) is 9.59 Å². The van der Waals surface area contributed by atoms with Crippen molar-refractivity contribution in [3.8, 4) is 0 Å². The van der Waals surface area contributed by atoms with Gasteiger partial charge in [0.15, 0.2) is 0 Å². The van der Waals surface area contributed by atoms with Crippen molar-refractivity contribution in [1.29, 1.82) is 0 Å². The van der Waals surface area contributed by atoms with Gasteiger partial charge in [-0.1, -0.05) is 74.5 Å². The molecule has 0 aliphatic rings. The minimum atomic E-state index is -0.777. The molecule has 0 radical (unpaired) electrons. The summed E-state index contributed by atoms with van der Waals surface area (Å²) in [5.74, 6) is -0.701. The number of amides is 1. The maximum absolute atomic E-state index is 12.5. The number of carbonyl (C=O) groups excluding carboxylic acids is 2. The number of benzene rings is 2. The van der Waals surface area contributed by atoms with Crippen molar-refractivity contribution >= 4 is 11.9 Å². The normalized spacial score (nSPS) is 12.0. The van der Waals surface area contributed by atoms with Crippen molar-refractivity contribution in [3.05, 3.63) is 71.8 Å². The fourth-order valence-corrected chi connectivity index (χ4v) is 2.91. The third kappa shape index (κ3) is 5.18. The van der Waals surface area contributed by atoms with Crippen molar-refractivity contribution in [1.82, 2.24) is 5.32 Å². The Hall–Kier alpha value is -2.62. The molecule has 25 heavy (non-hydrogen) atoms. The highest BCUT2D eigenvalue weighted by atomic mass is 16.5. The maximum atomic E-state index is 12.5. The second kappa shape index (κ2) is 9.02. The number of rotatable bonds is 7. The Morgan fingerprint density at radius 3 is 1.80 bits per heavy atom. The minimum absolute atomic E-state index is 0.151. The molecule has 0 aliphatic carbocycles. The molecule has 4 nitrogen and oxygen atoms in total. The minimum Gasteiger partial charge on any atom is -0.467 e. The number of esters is 1. The van der Waals surface area contributed by atoms with Crippen LogP contribution in [-0.2, 0) is 14.3 Å². The van der Waals surface area contributed by atoms with Crippen molar-refractivity contribution in [3.63, 3.8) is 0 Å². The van der Waals surface area contributed by atoms with Crippen molar-refractivity contribution in [2.75, 3.05) is 7.11 Å². The molecule has 0 heterocycles. The van der Waals surface area contributed by atoms with Crippen LogP contribution in [0.1, 0.15) is 37.3 Å². The van der Waals surface area contributed by atoms with Gasteiger partial charge in [-0.15, -0.1) is 0 Å². The number of carbonyl (C=O) groups is 2. The summed E-state index contributed by atoms with van der Waals surface area (Å²) in [6.45, 7) is 3.94. The Bertz CT molecular complexity index is 643. The zero-order valence-corrected chi connectivity index (χ0v) is 14.9. The monoisotopic (exact) mass is 339 g/mol. The molecule has 0 bridgehead atoms. The van der Waals surface area contributed by atoms with E-state index in [1.165, 1.54) is 7.11 Å². The number of methoxy groups -OCH3 is 1. The second-order valence-corrected chi connectivity index (χ2v) is 6.47. The Kier molecular flexibility index (Phi) is 6.75. The van der Waals surface area contributed by atoms with E-state index in [1.807, 2.05) is 74.5 Å². The molecule has 4 heteroatoms. The first-order valence-corrected chi connectivity index (χ1v) is 8.50. The molecule has 2 rings (SSSR count). The van der Waals surface area contributed by atoms with Crippen molar-refractivity contribution in [2.45, 2.75) is 32.2 Å². The lowest BCUT2D eigenvalue weighted by Crippen LogP contribution is -2.46. The molecule has 0 aromatic heterocycles. The van der Waals surface area contributed by atoms with Gasteiger partial charge in [0, 0.05) is 12.3 Å². The predicted molar refractivity (Wildman–Crippen MR) is 98.1 cm³/mol. The molecular formula is C21H25NO3. The van der Waals surface area contributed by atoms with Gasteiger partial charge in [0.05, 0.1) is 7.11 Å². The zero-order valence-electron chi connectivity index (χ0n) is 14.9. The molecule has 0 saturated heterocycles. The summed E-state index contributed by atoms with van der Waals surface area (Å²) in [5, 5.41) is 2.88. The van der Waals surface area contributed by atoms with Crippen LogP contribution >= 0.6 is 0 Å². The average molecular weight is 339 g/mol. The van der Waals surface area contributed by atoms with Crippen molar-refractivity contribution < 1.29 is 14.3 Å². The van der Waals surface area contributed by atoms with Crippen LogP contribution in [-0.4, -0.2) is 25.0 Å². The van der Waals surface area contributed by atoms with Gasteiger partial charge < -0.3 is 10.1 Å². The Labute approximate surface area is 149 Å². The van der Waals surface area contributed by atoms with E-state index >= 15 is 0 Å². The summed E-state index contributed by atoms with van der Waals surface area (Å²) in [5.41, 5.74) is 1.91. The van der Waals surface area contributed by atoms with Gasteiger partial charge in [0.25, 0.3) is 0 Å². The van der Waals surface area contributed by atoms with Gasteiger partial charge in [0.2, 0.25) is 5.91 Å². The van der Waals surface area contributed by atoms with Gasteiger partial charge in [-0.05, 0) is 17.0 Å². The van der Waals surface area contributed by atoms with E-state index in [2.05, 4.69) is 5.32 Å². The van der Waals surface area contributed by atoms with Crippen LogP contribution in [0, 0.1) is 5.92 Å². The Balaban J connectivity index is 2.42. The second-order valence-electron chi connectivity index (χ2n) is 6.47. The maximum Gasteiger partial charge on any atom is 0.329 e. The first-order valence-electron chi connectivity index (χ1n) is 8.50. The van der Waals surface area contributed by atoms with E-state index in [0.717, 1.165) is 11.1 Å². The van der Waals surface area contributed by atoms with Crippen LogP contribution in [0.2, 0.25) is 0 Å². The van der Waals surface area contributed by atoms with E-state index < -0.39 is 12.0 Å². The molecule has 1 atom stereocenters. The number of ether oxygens (including phenoxy) is 1. The molecule has 1 N–H and O–H groups in total. The number of hydrogen-bond donors (Lipinski definition) is 1. The van der Waals surface area contributed by atoms with E-state index in [0.29, 0.717) is 6.42 Å².